The Morgan fingerprint density at radius 3 is 2.50 bits per heavy atom. The minimum Gasteiger partial charge on any atom is -0.497 e. The van der Waals surface area contributed by atoms with Gasteiger partial charge in [-0.2, -0.15) is 5.10 Å². The standard InChI is InChI=1S/C24H22ClN3O3S/c1-27(24(30)22-4-3-13-32-22)15-23(29)28-21(17-5-9-18(25)10-6-17)14-20(26-28)16-7-11-19(31-2)12-8-16/h3-13,21H,14-15H2,1-2H3/t21-/m0/s1. The van der Waals surface area contributed by atoms with Crippen LogP contribution >= 0.6 is 22.9 Å². The van der Waals surface area contributed by atoms with Crippen molar-refractivity contribution in [2.45, 2.75) is 12.5 Å². The van der Waals surface area contributed by atoms with Gasteiger partial charge in [0.15, 0.2) is 0 Å². The van der Waals surface area contributed by atoms with Gasteiger partial charge in [0.25, 0.3) is 11.8 Å². The van der Waals surface area contributed by atoms with E-state index in [0.717, 1.165) is 22.6 Å². The fraction of sp³-hybridized carbons (Fsp3) is 0.208. The molecule has 1 aliphatic rings. The summed E-state index contributed by atoms with van der Waals surface area (Å²) in [5.41, 5.74) is 2.65. The minimum absolute atomic E-state index is 0.0692. The summed E-state index contributed by atoms with van der Waals surface area (Å²) in [6.45, 7) is -0.0692. The maximum absolute atomic E-state index is 13.2. The number of halogens is 1. The van der Waals surface area contributed by atoms with Crippen molar-refractivity contribution in [3.8, 4) is 5.75 Å². The number of carbonyl (C=O) groups is 2. The van der Waals surface area contributed by atoms with Crippen molar-refractivity contribution in [3.05, 3.63) is 87.1 Å². The number of hydrogen-bond acceptors (Lipinski definition) is 5. The zero-order valence-corrected chi connectivity index (χ0v) is 19.3. The second-order valence-electron chi connectivity index (χ2n) is 7.42. The lowest BCUT2D eigenvalue weighted by Gasteiger charge is -2.24. The highest BCUT2D eigenvalue weighted by molar-refractivity contribution is 7.12. The predicted octanol–water partition coefficient (Wildman–Crippen LogP) is 4.86. The Bertz CT molecular complexity index is 1130. The van der Waals surface area contributed by atoms with Crippen molar-refractivity contribution in [1.82, 2.24) is 9.91 Å². The SMILES string of the molecule is COc1ccc(C2=NN(C(=O)CN(C)C(=O)c3cccs3)[C@H](c3ccc(Cl)cc3)C2)cc1. The first-order valence-electron chi connectivity index (χ1n) is 10.0. The maximum Gasteiger partial charge on any atom is 0.264 e. The van der Waals surface area contributed by atoms with Crippen LogP contribution in [0, 0.1) is 0 Å². The average molecular weight is 468 g/mol. The van der Waals surface area contributed by atoms with Gasteiger partial charge in [-0.3, -0.25) is 9.59 Å². The Labute approximate surface area is 195 Å². The largest absolute Gasteiger partial charge is 0.497 e. The van der Waals surface area contributed by atoms with Gasteiger partial charge in [-0.05, 0) is 59.0 Å². The minimum atomic E-state index is -0.276. The van der Waals surface area contributed by atoms with E-state index in [1.54, 1.807) is 32.4 Å². The number of likely N-dealkylation sites (N-methyl/N-ethyl adjacent to an activating group) is 1. The summed E-state index contributed by atoms with van der Waals surface area (Å²) in [6.07, 6.45) is 0.558. The van der Waals surface area contributed by atoms with E-state index in [2.05, 4.69) is 5.10 Å². The fourth-order valence-electron chi connectivity index (χ4n) is 3.58. The number of benzene rings is 2. The van der Waals surface area contributed by atoms with E-state index in [0.29, 0.717) is 16.3 Å². The lowest BCUT2D eigenvalue weighted by atomic mass is 9.98. The molecule has 4 rings (SSSR count). The van der Waals surface area contributed by atoms with Crippen molar-refractivity contribution in [2.75, 3.05) is 20.7 Å². The number of nitrogens with zero attached hydrogens (tertiary/aromatic N) is 3. The molecule has 3 aromatic rings. The first-order valence-corrected chi connectivity index (χ1v) is 11.3. The number of thiophene rings is 1. The molecule has 0 saturated heterocycles. The van der Waals surface area contributed by atoms with Crippen LogP contribution < -0.4 is 4.74 Å². The van der Waals surface area contributed by atoms with Crippen LogP contribution in [0.1, 0.15) is 33.3 Å². The number of ether oxygens (including phenoxy) is 1. The summed E-state index contributed by atoms with van der Waals surface area (Å²) in [7, 11) is 3.24. The van der Waals surface area contributed by atoms with Gasteiger partial charge in [-0.15, -0.1) is 11.3 Å². The molecular formula is C24H22ClN3O3S. The van der Waals surface area contributed by atoms with E-state index in [1.165, 1.54) is 21.2 Å². The van der Waals surface area contributed by atoms with Crippen LogP contribution in [0.15, 0.2) is 71.1 Å². The monoisotopic (exact) mass is 467 g/mol. The van der Waals surface area contributed by atoms with Gasteiger partial charge in [0.2, 0.25) is 0 Å². The van der Waals surface area contributed by atoms with Crippen LogP contribution in [-0.4, -0.2) is 48.1 Å². The Hall–Kier alpha value is -3.16. The highest BCUT2D eigenvalue weighted by Crippen LogP contribution is 2.34. The van der Waals surface area contributed by atoms with Crippen LogP contribution in [0.2, 0.25) is 5.02 Å². The molecule has 6 nitrogen and oxygen atoms in total. The summed E-state index contributed by atoms with van der Waals surface area (Å²) in [5, 5.41) is 8.61. The van der Waals surface area contributed by atoms with E-state index >= 15 is 0 Å². The summed E-state index contributed by atoms with van der Waals surface area (Å²) in [6, 6.07) is 18.3. The van der Waals surface area contributed by atoms with Gasteiger partial charge in [-0.25, -0.2) is 5.01 Å². The highest BCUT2D eigenvalue weighted by Gasteiger charge is 2.34. The van der Waals surface area contributed by atoms with Gasteiger partial charge < -0.3 is 9.64 Å². The highest BCUT2D eigenvalue weighted by atomic mass is 35.5. The molecule has 0 spiro atoms. The van der Waals surface area contributed by atoms with Gasteiger partial charge >= 0.3 is 0 Å². The van der Waals surface area contributed by atoms with E-state index in [1.807, 2.05) is 47.8 Å². The smallest absolute Gasteiger partial charge is 0.264 e. The normalized spacial score (nSPS) is 15.4. The van der Waals surface area contributed by atoms with Gasteiger partial charge in [0.05, 0.1) is 23.7 Å². The molecule has 1 aromatic heterocycles. The Morgan fingerprint density at radius 2 is 1.88 bits per heavy atom. The van der Waals surface area contributed by atoms with Crippen LogP contribution in [0.25, 0.3) is 0 Å². The van der Waals surface area contributed by atoms with Crippen LogP contribution in [0.4, 0.5) is 0 Å². The molecule has 0 bridgehead atoms. The molecule has 2 heterocycles. The zero-order valence-electron chi connectivity index (χ0n) is 17.7. The number of amides is 2. The first-order chi connectivity index (χ1) is 15.5. The quantitative estimate of drug-likeness (QED) is 0.520. The van der Waals surface area contributed by atoms with E-state index in [4.69, 9.17) is 16.3 Å². The zero-order chi connectivity index (χ0) is 22.7. The van der Waals surface area contributed by atoms with E-state index in [-0.39, 0.29) is 24.4 Å². The molecule has 0 aliphatic carbocycles. The topological polar surface area (TPSA) is 62.2 Å². The molecule has 1 atom stereocenters. The van der Waals surface area contributed by atoms with Gasteiger partial charge in [0, 0.05) is 18.5 Å². The van der Waals surface area contributed by atoms with Crippen LogP contribution in [0.5, 0.6) is 5.75 Å². The number of methoxy groups -OCH3 is 1. The molecule has 0 saturated carbocycles. The third-order valence-corrected chi connectivity index (χ3v) is 6.40. The Balaban J connectivity index is 1.59. The van der Waals surface area contributed by atoms with Crippen molar-refractivity contribution < 1.29 is 14.3 Å². The molecule has 0 fully saturated rings. The molecule has 0 unspecified atom stereocenters. The third kappa shape index (κ3) is 4.69. The number of rotatable bonds is 6. The predicted molar refractivity (Wildman–Crippen MR) is 126 cm³/mol. The molecular weight excluding hydrogens is 446 g/mol. The molecule has 2 amide bonds. The summed E-state index contributed by atoms with van der Waals surface area (Å²) in [5.74, 6) is 0.319. The second-order valence-corrected chi connectivity index (χ2v) is 8.81. The molecule has 0 N–H and O–H groups in total. The molecule has 8 heteroatoms. The Kier molecular flexibility index (Phi) is 6.58. The fourth-order valence-corrected chi connectivity index (χ4v) is 4.42. The summed E-state index contributed by atoms with van der Waals surface area (Å²) < 4.78 is 5.24. The molecule has 2 aromatic carbocycles. The number of carbonyl (C=O) groups excluding carboxylic acids is 2. The molecule has 164 valence electrons. The molecule has 32 heavy (non-hydrogen) atoms. The van der Waals surface area contributed by atoms with E-state index in [9.17, 15) is 9.59 Å². The molecule has 1 aliphatic heterocycles. The third-order valence-electron chi connectivity index (χ3n) is 5.30. The maximum atomic E-state index is 13.2. The van der Waals surface area contributed by atoms with Crippen molar-refractivity contribution >= 4 is 40.5 Å². The van der Waals surface area contributed by atoms with Gasteiger partial charge in [0.1, 0.15) is 12.3 Å². The number of hydrazone groups is 1. The lowest BCUT2D eigenvalue weighted by molar-refractivity contribution is -0.133. The summed E-state index contributed by atoms with van der Waals surface area (Å²) >= 11 is 7.41. The van der Waals surface area contributed by atoms with E-state index < -0.39 is 0 Å². The molecule has 0 radical (unpaired) electrons. The van der Waals surface area contributed by atoms with Crippen molar-refractivity contribution in [3.63, 3.8) is 0 Å². The average Bonchev–Trinajstić information content (AvgIpc) is 3.50. The van der Waals surface area contributed by atoms with Crippen LogP contribution in [0.3, 0.4) is 0 Å². The second kappa shape index (κ2) is 9.54. The van der Waals surface area contributed by atoms with Gasteiger partial charge in [-0.1, -0.05) is 29.8 Å². The summed E-state index contributed by atoms with van der Waals surface area (Å²) in [4.78, 5) is 27.9. The van der Waals surface area contributed by atoms with Crippen molar-refractivity contribution in [2.24, 2.45) is 5.10 Å². The number of hydrogen-bond donors (Lipinski definition) is 0. The Morgan fingerprint density at radius 1 is 1.16 bits per heavy atom. The van der Waals surface area contributed by atoms with Crippen molar-refractivity contribution in [1.29, 1.82) is 0 Å². The van der Waals surface area contributed by atoms with Crippen LogP contribution in [-0.2, 0) is 4.79 Å². The first kappa shape index (κ1) is 22.0. The lowest BCUT2D eigenvalue weighted by Crippen LogP contribution is -2.39.